The highest BCUT2D eigenvalue weighted by Gasteiger charge is 2.43. The lowest BCUT2D eigenvalue weighted by Crippen LogP contribution is -2.47. The molecule has 0 amide bonds. The van der Waals surface area contributed by atoms with Crippen molar-refractivity contribution in [1.82, 2.24) is 0 Å². The lowest BCUT2D eigenvalue weighted by Gasteiger charge is -2.37. The van der Waals surface area contributed by atoms with E-state index in [9.17, 15) is 4.79 Å². The van der Waals surface area contributed by atoms with Crippen LogP contribution in [0.5, 0.6) is 0 Å². The largest absolute Gasteiger partial charge is 0.378 e. The van der Waals surface area contributed by atoms with Gasteiger partial charge in [0.2, 0.25) is 0 Å². The summed E-state index contributed by atoms with van der Waals surface area (Å²) >= 11 is 0. The lowest BCUT2D eigenvalue weighted by atomic mass is 9.79. The first kappa shape index (κ1) is 13.0. The monoisotopic (exact) mass is 241 g/mol. The topological polar surface area (TPSA) is 61.6 Å². The molecule has 4 nitrogen and oxygen atoms in total. The standard InChI is InChI=1S/C13H23NO3/c1-9(2)11(14)12(15)10-3-5-17-13(7-10)4-6-16-8-13/h9-11H,3-8,14H2,1-2H3. The highest BCUT2D eigenvalue weighted by Crippen LogP contribution is 2.36. The van der Waals surface area contributed by atoms with Gasteiger partial charge in [-0.05, 0) is 18.8 Å². The fourth-order valence-corrected chi connectivity index (χ4v) is 2.73. The molecule has 0 saturated carbocycles. The zero-order chi connectivity index (χ0) is 12.5. The molecule has 2 N–H and O–H groups in total. The number of carbonyl (C=O) groups is 1. The quantitative estimate of drug-likeness (QED) is 0.804. The van der Waals surface area contributed by atoms with Gasteiger partial charge >= 0.3 is 0 Å². The van der Waals surface area contributed by atoms with Gasteiger partial charge in [0.1, 0.15) is 0 Å². The Morgan fingerprint density at radius 2 is 2.18 bits per heavy atom. The van der Waals surface area contributed by atoms with E-state index >= 15 is 0 Å². The summed E-state index contributed by atoms with van der Waals surface area (Å²) in [6.45, 7) is 6.03. The van der Waals surface area contributed by atoms with Crippen LogP contribution in [0.25, 0.3) is 0 Å². The van der Waals surface area contributed by atoms with E-state index in [0.29, 0.717) is 13.2 Å². The fourth-order valence-electron chi connectivity index (χ4n) is 2.73. The zero-order valence-corrected chi connectivity index (χ0v) is 10.8. The first-order chi connectivity index (χ1) is 8.04. The van der Waals surface area contributed by atoms with Crippen LogP contribution in [0.4, 0.5) is 0 Å². The molecule has 2 heterocycles. The number of hydrogen-bond acceptors (Lipinski definition) is 4. The molecule has 0 radical (unpaired) electrons. The Kier molecular flexibility index (Phi) is 3.85. The van der Waals surface area contributed by atoms with E-state index in [1.54, 1.807) is 0 Å². The second-order valence-electron chi connectivity index (χ2n) is 5.70. The molecule has 4 heteroatoms. The van der Waals surface area contributed by atoms with Crippen molar-refractivity contribution in [3.63, 3.8) is 0 Å². The van der Waals surface area contributed by atoms with Crippen LogP contribution in [0.15, 0.2) is 0 Å². The number of ketones is 1. The van der Waals surface area contributed by atoms with Crippen molar-refractivity contribution in [3.8, 4) is 0 Å². The Bertz CT molecular complexity index is 284. The van der Waals surface area contributed by atoms with Crippen LogP contribution in [0.3, 0.4) is 0 Å². The minimum absolute atomic E-state index is 0.0582. The minimum Gasteiger partial charge on any atom is -0.378 e. The van der Waals surface area contributed by atoms with Crippen molar-refractivity contribution in [2.45, 2.75) is 44.8 Å². The summed E-state index contributed by atoms with van der Waals surface area (Å²) in [6.07, 6.45) is 2.50. The molecule has 0 bridgehead atoms. The van der Waals surface area contributed by atoms with Gasteiger partial charge in [0, 0.05) is 25.6 Å². The van der Waals surface area contributed by atoms with Crippen LogP contribution >= 0.6 is 0 Å². The smallest absolute Gasteiger partial charge is 0.153 e. The SMILES string of the molecule is CC(C)C(N)C(=O)C1CCOC2(CCOC2)C1. The summed E-state index contributed by atoms with van der Waals surface area (Å²) in [6, 6.07) is -0.336. The average Bonchev–Trinajstić information content (AvgIpc) is 2.75. The summed E-state index contributed by atoms with van der Waals surface area (Å²) in [4.78, 5) is 12.3. The molecule has 2 aliphatic heterocycles. The molecule has 0 aromatic carbocycles. The van der Waals surface area contributed by atoms with Gasteiger partial charge in [0.25, 0.3) is 0 Å². The Labute approximate surface area is 103 Å². The van der Waals surface area contributed by atoms with Crippen LogP contribution in [0.1, 0.15) is 33.1 Å². The third kappa shape index (κ3) is 2.69. The van der Waals surface area contributed by atoms with Crippen molar-refractivity contribution in [3.05, 3.63) is 0 Å². The van der Waals surface area contributed by atoms with E-state index in [1.165, 1.54) is 0 Å². The predicted molar refractivity (Wildman–Crippen MR) is 64.7 cm³/mol. The van der Waals surface area contributed by atoms with Gasteiger partial charge in [-0.25, -0.2) is 0 Å². The van der Waals surface area contributed by atoms with E-state index in [-0.39, 0.29) is 29.3 Å². The second kappa shape index (κ2) is 5.04. The molecule has 2 aliphatic rings. The molecule has 2 saturated heterocycles. The maximum atomic E-state index is 12.3. The van der Waals surface area contributed by atoms with Crippen LogP contribution < -0.4 is 5.73 Å². The number of carbonyl (C=O) groups excluding carboxylic acids is 1. The van der Waals surface area contributed by atoms with Gasteiger partial charge in [-0.15, -0.1) is 0 Å². The first-order valence-electron chi connectivity index (χ1n) is 6.55. The van der Waals surface area contributed by atoms with E-state index < -0.39 is 0 Å². The highest BCUT2D eigenvalue weighted by molar-refractivity contribution is 5.86. The van der Waals surface area contributed by atoms with Crippen molar-refractivity contribution >= 4 is 5.78 Å². The van der Waals surface area contributed by atoms with Gasteiger partial charge in [0.15, 0.2) is 5.78 Å². The van der Waals surface area contributed by atoms with Crippen LogP contribution in [-0.2, 0) is 14.3 Å². The molecule has 0 aliphatic carbocycles. The van der Waals surface area contributed by atoms with Gasteiger partial charge in [-0.1, -0.05) is 13.8 Å². The Hall–Kier alpha value is -0.450. The van der Waals surface area contributed by atoms with Crippen LogP contribution in [0, 0.1) is 11.8 Å². The Balaban J connectivity index is 1.99. The number of rotatable bonds is 3. The maximum Gasteiger partial charge on any atom is 0.153 e. The number of ether oxygens (including phenoxy) is 2. The second-order valence-corrected chi connectivity index (χ2v) is 5.70. The average molecular weight is 241 g/mol. The maximum absolute atomic E-state index is 12.3. The molecule has 0 aromatic rings. The van der Waals surface area contributed by atoms with Gasteiger partial charge in [-0.2, -0.15) is 0 Å². The predicted octanol–water partition coefficient (Wildman–Crippen LogP) is 1.12. The minimum atomic E-state index is -0.336. The summed E-state index contributed by atoms with van der Waals surface area (Å²) < 4.78 is 11.2. The highest BCUT2D eigenvalue weighted by atomic mass is 16.6. The first-order valence-corrected chi connectivity index (χ1v) is 6.55. The summed E-state index contributed by atoms with van der Waals surface area (Å²) in [7, 11) is 0. The molecule has 98 valence electrons. The van der Waals surface area contributed by atoms with E-state index in [2.05, 4.69) is 0 Å². The van der Waals surface area contributed by atoms with Crippen molar-refractivity contribution in [2.75, 3.05) is 19.8 Å². The van der Waals surface area contributed by atoms with Crippen LogP contribution in [0.2, 0.25) is 0 Å². The normalized spacial score (nSPS) is 35.4. The lowest BCUT2D eigenvalue weighted by molar-refractivity contribution is -0.139. The van der Waals surface area contributed by atoms with Gasteiger partial charge < -0.3 is 15.2 Å². The molecule has 2 fully saturated rings. The van der Waals surface area contributed by atoms with E-state index in [1.807, 2.05) is 13.8 Å². The van der Waals surface area contributed by atoms with Crippen molar-refractivity contribution in [2.24, 2.45) is 17.6 Å². The number of nitrogens with two attached hydrogens (primary N) is 1. The van der Waals surface area contributed by atoms with Crippen molar-refractivity contribution < 1.29 is 14.3 Å². The summed E-state index contributed by atoms with van der Waals surface area (Å²) in [5.41, 5.74) is 5.76. The Morgan fingerprint density at radius 3 is 2.76 bits per heavy atom. The molecule has 3 atom stereocenters. The van der Waals surface area contributed by atoms with Gasteiger partial charge in [-0.3, -0.25) is 4.79 Å². The third-order valence-electron chi connectivity index (χ3n) is 4.01. The Morgan fingerprint density at radius 1 is 1.41 bits per heavy atom. The molecule has 2 rings (SSSR count). The van der Waals surface area contributed by atoms with Crippen LogP contribution in [-0.4, -0.2) is 37.2 Å². The number of hydrogen-bond donors (Lipinski definition) is 1. The van der Waals surface area contributed by atoms with E-state index in [4.69, 9.17) is 15.2 Å². The fraction of sp³-hybridized carbons (Fsp3) is 0.923. The third-order valence-corrected chi connectivity index (χ3v) is 4.01. The molecule has 1 spiro atoms. The summed E-state index contributed by atoms with van der Waals surface area (Å²) in [5.74, 6) is 0.471. The molecular formula is C13H23NO3. The zero-order valence-electron chi connectivity index (χ0n) is 10.8. The molecule has 17 heavy (non-hydrogen) atoms. The number of Topliss-reactive ketones (excluding diaryl/α,β-unsaturated/α-hetero) is 1. The molecular weight excluding hydrogens is 218 g/mol. The molecule has 0 aromatic heterocycles. The van der Waals surface area contributed by atoms with Crippen molar-refractivity contribution in [1.29, 1.82) is 0 Å². The van der Waals surface area contributed by atoms with E-state index in [0.717, 1.165) is 25.9 Å². The van der Waals surface area contributed by atoms with Gasteiger partial charge in [0.05, 0.1) is 18.2 Å². The molecule has 3 unspecified atom stereocenters. The summed E-state index contributed by atoms with van der Waals surface area (Å²) in [5, 5.41) is 0.